The molecule has 0 unspecified atom stereocenters. The van der Waals surface area contributed by atoms with Gasteiger partial charge in [-0.15, -0.1) is 10.2 Å². The maximum Gasteiger partial charge on any atom is 0.224 e. The van der Waals surface area contributed by atoms with Crippen molar-refractivity contribution in [1.29, 1.82) is 0 Å². The van der Waals surface area contributed by atoms with Crippen LogP contribution in [0.5, 0.6) is 5.75 Å². The molecule has 1 amide bonds. The molecule has 2 aromatic heterocycles. The number of carbonyl (C=O) groups is 1. The number of H-pyrrole nitrogens is 1. The summed E-state index contributed by atoms with van der Waals surface area (Å²) in [5.41, 5.74) is 2.24. The second kappa shape index (κ2) is 8.69. The van der Waals surface area contributed by atoms with E-state index in [0.717, 1.165) is 48.3 Å². The first-order valence-corrected chi connectivity index (χ1v) is 10.2. The van der Waals surface area contributed by atoms with Crippen LogP contribution in [0.4, 0.5) is 5.82 Å². The van der Waals surface area contributed by atoms with E-state index < -0.39 is 0 Å². The number of nitrogens with zero attached hydrogens (tertiary/aromatic N) is 3. The van der Waals surface area contributed by atoms with Gasteiger partial charge >= 0.3 is 0 Å². The molecule has 1 aromatic carbocycles. The number of aromatic amines is 1. The lowest BCUT2D eigenvalue weighted by molar-refractivity contribution is -0.125. The van der Waals surface area contributed by atoms with Crippen LogP contribution in [0.15, 0.2) is 36.5 Å². The Bertz CT molecular complexity index is 988. The quantitative estimate of drug-likeness (QED) is 0.648. The van der Waals surface area contributed by atoms with Crippen molar-refractivity contribution < 1.29 is 9.53 Å². The molecule has 1 aliphatic rings. The van der Waals surface area contributed by atoms with Gasteiger partial charge in [0.05, 0.1) is 13.0 Å². The molecule has 1 saturated heterocycles. The summed E-state index contributed by atoms with van der Waals surface area (Å²) in [6.45, 7) is 2.12. The van der Waals surface area contributed by atoms with Gasteiger partial charge in [-0.1, -0.05) is 11.6 Å². The number of carbonyl (C=O) groups excluding carboxylic acids is 1. The van der Waals surface area contributed by atoms with Gasteiger partial charge in [0.15, 0.2) is 11.0 Å². The maximum atomic E-state index is 12.7. The first-order valence-electron chi connectivity index (χ1n) is 9.80. The number of piperidine rings is 1. The van der Waals surface area contributed by atoms with E-state index >= 15 is 0 Å². The summed E-state index contributed by atoms with van der Waals surface area (Å²) in [5, 5.41) is 12.6. The van der Waals surface area contributed by atoms with Gasteiger partial charge in [0.1, 0.15) is 5.75 Å². The highest BCUT2D eigenvalue weighted by atomic mass is 35.5. The largest absolute Gasteiger partial charge is 0.497 e. The lowest BCUT2D eigenvalue weighted by Gasteiger charge is -2.32. The van der Waals surface area contributed by atoms with E-state index in [9.17, 15) is 4.79 Å². The number of nitrogens with one attached hydrogen (secondary N) is 2. The molecule has 7 nitrogen and oxygen atoms in total. The van der Waals surface area contributed by atoms with Crippen LogP contribution in [0.3, 0.4) is 0 Å². The number of rotatable bonds is 6. The van der Waals surface area contributed by atoms with E-state index in [1.54, 1.807) is 13.2 Å². The standard InChI is InChI=1S/C21H24ClN5O2/c1-29-16-4-5-18-17(11-16)14(12-24-18)8-9-23-21(28)15-3-2-10-27(13-15)20-7-6-19(22)25-26-20/h4-7,11-12,15,24H,2-3,8-10,13H2,1H3,(H,23,28)/t15-/m0/s1. The number of ether oxygens (including phenoxy) is 1. The molecule has 1 atom stereocenters. The fourth-order valence-electron chi connectivity index (χ4n) is 3.83. The van der Waals surface area contributed by atoms with E-state index in [4.69, 9.17) is 16.3 Å². The summed E-state index contributed by atoms with van der Waals surface area (Å²) in [6, 6.07) is 9.54. The van der Waals surface area contributed by atoms with Gasteiger partial charge in [-0.05, 0) is 55.2 Å². The Morgan fingerprint density at radius 1 is 1.34 bits per heavy atom. The number of aromatic nitrogens is 3. The van der Waals surface area contributed by atoms with Gasteiger partial charge in [0.2, 0.25) is 5.91 Å². The summed E-state index contributed by atoms with van der Waals surface area (Å²) in [7, 11) is 1.66. The van der Waals surface area contributed by atoms with Crippen molar-refractivity contribution in [1.82, 2.24) is 20.5 Å². The Morgan fingerprint density at radius 3 is 3.03 bits per heavy atom. The Hall–Kier alpha value is -2.80. The highest BCUT2D eigenvalue weighted by Crippen LogP contribution is 2.24. The SMILES string of the molecule is COc1ccc2[nH]cc(CCNC(=O)[C@H]3CCCN(c4ccc(Cl)nn4)C3)c2c1. The second-order valence-electron chi connectivity index (χ2n) is 7.27. The monoisotopic (exact) mass is 413 g/mol. The minimum absolute atomic E-state index is 0.0516. The molecule has 0 saturated carbocycles. The van der Waals surface area contributed by atoms with E-state index in [0.29, 0.717) is 18.2 Å². The Labute approximate surface area is 174 Å². The zero-order valence-corrected chi connectivity index (χ0v) is 17.1. The third-order valence-corrected chi connectivity index (χ3v) is 5.60. The Morgan fingerprint density at radius 2 is 2.24 bits per heavy atom. The van der Waals surface area contributed by atoms with E-state index in [-0.39, 0.29) is 11.8 Å². The van der Waals surface area contributed by atoms with Crippen LogP contribution in [0.2, 0.25) is 5.15 Å². The van der Waals surface area contributed by atoms with Crippen LogP contribution in [0.25, 0.3) is 10.9 Å². The molecule has 0 bridgehead atoms. The van der Waals surface area contributed by atoms with Crippen LogP contribution in [0, 0.1) is 5.92 Å². The number of hydrogen-bond donors (Lipinski definition) is 2. The normalized spacial score (nSPS) is 16.8. The van der Waals surface area contributed by atoms with E-state index in [1.807, 2.05) is 30.5 Å². The van der Waals surface area contributed by atoms with Crippen molar-refractivity contribution in [2.24, 2.45) is 5.92 Å². The molecule has 0 aliphatic carbocycles. The first-order chi connectivity index (χ1) is 14.1. The maximum absolute atomic E-state index is 12.7. The predicted octanol–water partition coefficient (Wildman–Crippen LogP) is 3.20. The predicted molar refractivity (Wildman–Crippen MR) is 114 cm³/mol. The number of hydrogen-bond acceptors (Lipinski definition) is 5. The average molecular weight is 414 g/mol. The Balaban J connectivity index is 1.33. The van der Waals surface area contributed by atoms with Crippen molar-refractivity contribution >= 4 is 34.2 Å². The van der Waals surface area contributed by atoms with Gasteiger partial charge in [-0.2, -0.15) is 0 Å². The Kier molecular flexibility index (Phi) is 5.85. The van der Waals surface area contributed by atoms with Crippen LogP contribution >= 0.6 is 11.6 Å². The summed E-state index contributed by atoms with van der Waals surface area (Å²) < 4.78 is 5.32. The van der Waals surface area contributed by atoms with Gasteiger partial charge < -0.3 is 19.9 Å². The molecule has 1 aliphatic heterocycles. The molecule has 0 spiro atoms. The van der Waals surface area contributed by atoms with Crippen molar-refractivity contribution in [3.8, 4) is 5.75 Å². The molecule has 0 radical (unpaired) electrons. The second-order valence-corrected chi connectivity index (χ2v) is 7.65. The molecular weight excluding hydrogens is 390 g/mol. The third-order valence-electron chi connectivity index (χ3n) is 5.40. The third kappa shape index (κ3) is 4.45. The number of benzene rings is 1. The highest BCUT2D eigenvalue weighted by molar-refractivity contribution is 6.29. The van der Waals surface area contributed by atoms with Crippen molar-refractivity contribution in [3.05, 3.63) is 47.2 Å². The molecule has 4 rings (SSSR count). The first kappa shape index (κ1) is 19.5. The average Bonchev–Trinajstić information content (AvgIpc) is 3.16. The minimum atomic E-state index is -0.0516. The number of methoxy groups -OCH3 is 1. The van der Waals surface area contributed by atoms with Crippen LogP contribution in [-0.2, 0) is 11.2 Å². The van der Waals surface area contributed by atoms with Gasteiger partial charge in [0, 0.05) is 36.7 Å². The summed E-state index contributed by atoms with van der Waals surface area (Å²) in [6.07, 6.45) is 4.59. The van der Waals surface area contributed by atoms with E-state index in [1.165, 1.54) is 5.56 Å². The number of anilines is 1. The number of halogens is 1. The van der Waals surface area contributed by atoms with Crippen LogP contribution in [0.1, 0.15) is 18.4 Å². The fraction of sp³-hybridized carbons (Fsp3) is 0.381. The summed E-state index contributed by atoms with van der Waals surface area (Å²) in [4.78, 5) is 18.1. The van der Waals surface area contributed by atoms with Crippen molar-refractivity contribution in [2.75, 3.05) is 31.6 Å². The molecule has 8 heteroatoms. The number of fused-ring (bicyclic) bond motifs is 1. The van der Waals surface area contributed by atoms with Gasteiger partial charge in [-0.25, -0.2) is 0 Å². The summed E-state index contributed by atoms with van der Waals surface area (Å²) in [5.74, 6) is 1.63. The highest BCUT2D eigenvalue weighted by Gasteiger charge is 2.26. The minimum Gasteiger partial charge on any atom is -0.497 e. The van der Waals surface area contributed by atoms with Crippen LogP contribution < -0.4 is 15.0 Å². The molecule has 2 N–H and O–H groups in total. The molecule has 3 heterocycles. The zero-order valence-electron chi connectivity index (χ0n) is 16.3. The van der Waals surface area contributed by atoms with Gasteiger partial charge in [0.25, 0.3) is 0 Å². The topological polar surface area (TPSA) is 83.1 Å². The molecule has 3 aromatic rings. The fourth-order valence-corrected chi connectivity index (χ4v) is 3.93. The van der Waals surface area contributed by atoms with Crippen LogP contribution in [-0.4, -0.2) is 47.8 Å². The lowest BCUT2D eigenvalue weighted by atomic mass is 9.97. The molecule has 152 valence electrons. The van der Waals surface area contributed by atoms with Gasteiger partial charge in [-0.3, -0.25) is 4.79 Å². The molecule has 1 fully saturated rings. The van der Waals surface area contributed by atoms with Crippen molar-refractivity contribution in [2.45, 2.75) is 19.3 Å². The van der Waals surface area contributed by atoms with E-state index in [2.05, 4.69) is 25.4 Å². The molecule has 29 heavy (non-hydrogen) atoms. The lowest BCUT2D eigenvalue weighted by Crippen LogP contribution is -2.43. The smallest absolute Gasteiger partial charge is 0.224 e. The van der Waals surface area contributed by atoms with Crippen molar-refractivity contribution in [3.63, 3.8) is 0 Å². The summed E-state index contributed by atoms with van der Waals surface area (Å²) >= 11 is 5.82. The molecular formula is C21H24ClN5O2. The zero-order chi connectivity index (χ0) is 20.2. The number of amides is 1.